The van der Waals surface area contributed by atoms with Crippen molar-refractivity contribution in [3.05, 3.63) is 16.6 Å². The molecule has 0 amide bonds. The molecule has 1 rings (SSSR count). The van der Waals surface area contributed by atoms with Gasteiger partial charge in [-0.05, 0) is 37.8 Å². The number of aromatic nitrogens is 1. The number of rotatable bonds is 8. The van der Waals surface area contributed by atoms with E-state index in [1.54, 1.807) is 11.3 Å². The van der Waals surface area contributed by atoms with Crippen LogP contribution < -0.4 is 11.1 Å². The molecule has 0 spiro atoms. The Morgan fingerprint density at radius 1 is 1.44 bits per heavy atom. The molecule has 1 heterocycles. The molecule has 0 saturated heterocycles. The molecule has 0 bridgehead atoms. The fraction of sp³-hybridized carbons (Fsp3) is 0.750. The Hall–Kier alpha value is -0.450. The third kappa shape index (κ3) is 5.58. The van der Waals surface area contributed by atoms with Gasteiger partial charge in [-0.25, -0.2) is 4.98 Å². The molecule has 1 aromatic rings. The zero-order valence-electron chi connectivity index (χ0n) is 10.3. The van der Waals surface area contributed by atoms with Crippen molar-refractivity contribution in [2.75, 3.05) is 13.1 Å². The van der Waals surface area contributed by atoms with E-state index in [9.17, 15) is 0 Å². The highest BCUT2D eigenvalue weighted by Gasteiger charge is 2.15. The van der Waals surface area contributed by atoms with Gasteiger partial charge in [0.15, 0.2) is 0 Å². The number of nitrogens with one attached hydrogen (secondary N) is 1. The van der Waals surface area contributed by atoms with E-state index >= 15 is 0 Å². The minimum atomic E-state index is 0.387. The molecule has 0 unspecified atom stereocenters. The molecule has 1 aromatic heterocycles. The number of nitrogens with zero attached hydrogens (tertiary/aromatic N) is 1. The monoisotopic (exact) mass is 241 g/mol. The van der Waals surface area contributed by atoms with Crippen LogP contribution in [0, 0.1) is 5.41 Å². The van der Waals surface area contributed by atoms with Gasteiger partial charge >= 0.3 is 0 Å². The highest BCUT2D eigenvalue weighted by Crippen LogP contribution is 2.25. The van der Waals surface area contributed by atoms with Crippen molar-refractivity contribution < 1.29 is 0 Å². The molecule has 0 radical (unpaired) electrons. The molecule has 0 saturated carbocycles. The number of nitrogens with two attached hydrogens (primary N) is 1. The van der Waals surface area contributed by atoms with Crippen LogP contribution in [-0.4, -0.2) is 18.1 Å². The van der Waals surface area contributed by atoms with Gasteiger partial charge in [0.1, 0.15) is 5.01 Å². The van der Waals surface area contributed by atoms with E-state index in [1.165, 1.54) is 17.8 Å². The van der Waals surface area contributed by atoms with Crippen LogP contribution in [0.4, 0.5) is 0 Å². The summed E-state index contributed by atoms with van der Waals surface area (Å²) < 4.78 is 0. The van der Waals surface area contributed by atoms with Crippen LogP contribution in [0.1, 0.15) is 38.1 Å². The third-order valence-corrected chi connectivity index (χ3v) is 3.57. The van der Waals surface area contributed by atoms with Crippen molar-refractivity contribution >= 4 is 11.3 Å². The Labute approximate surface area is 102 Å². The molecule has 0 atom stereocenters. The number of hydrogen-bond donors (Lipinski definition) is 2. The van der Waals surface area contributed by atoms with E-state index in [4.69, 9.17) is 5.73 Å². The summed E-state index contributed by atoms with van der Waals surface area (Å²) in [4.78, 5) is 4.23. The van der Waals surface area contributed by atoms with Gasteiger partial charge < -0.3 is 11.1 Å². The number of thiazole rings is 1. The normalized spacial score (nSPS) is 11.9. The summed E-state index contributed by atoms with van der Waals surface area (Å²) in [6.07, 6.45) is 5.40. The van der Waals surface area contributed by atoms with E-state index < -0.39 is 0 Å². The van der Waals surface area contributed by atoms with Crippen molar-refractivity contribution in [1.82, 2.24) is 10.3 Å². The average Bonchev–Trinajstić information content (AvgIpc) is 2.69. The van der Waals surface area contributed by atoms with Gasteiger partial charge in [0.25, 0.3) is 0 Å². The van der Waals surface area contributed by atoms with Crippen LogP contribution in [0.3, 0.4) is 0 Å². The first-order valence-corrected chi connectivity index (χ1v) is 6.81. The topological polar surface area (TPSA) is 50.9 Å². The van der Waals surface area contributed by atoms with Gasteiger partial charge in [0.2, 0.25) is 0 Å². The Bertz CT molecular complexity index is 270. The molecule has 4 heteroatoms. The van der Waals surface area contributed by atoms with Crippen LogP contribution >= 0.6 is 11.3 Å². The largest absolute Gasteiger partial charge is 0.330 e. The minimum absolute atomic E-state index is 0.387. The van der Waals surface area contributed by atoms with Crippen LogP contribution in [0.15, 0.2) is 11.6 Å². The fourth-order valence-electron chi connectivity index (χ4n) is 1.74. The van der Waals surface area contributed by atoms with Gasteiger partial charge in [-0.2, -0.15) is 0 Å². The first-order valence-electron chi connectivity index (χ1n) is 5.93. The van der Waals surface area contributed by atoms with Crippen molar-refractivity contribution in [3.63, 3.8) is 0 Å². The lowest BCUT2D eigenvalue weighted by Gasteiger charge is -2.23. The summed E-state index contributed by atoms with van der Waals surface area (Å²) in [5, 5.41) is 6.60. The van der Waals surface area contributed by atoms with E-state index in [-0.39, 0.29) is 0 Å². The zero-order valence-corrected chi connectivity index (χ0v) is 11.1. The molecule has 3 N–H and O–H groups in total. The Kier molecular flexibility index (Phi) is 5.95. The van der Waals surface area contributed by atoms with Gasteiger partial charge in [-0.3, -0.25) is 0 Å². The molecular formula is C12H23N3S. The predicted molar refractivity (Wildman–Crippen MR) is 70.5 cm³/mol. The number of hydrogen-bond acceptors (Lipinski definition) is 4. The smallest absolute Gasteiger partial charge is 0.106 e. The lowest BCUT2D eigenvalue weighted by molar-refractivity contribution is 0.302. The fourth-order valence-corrected chi connectivity index (χ4v) is 2.33. The van der Waals surface area contributed by atoms with Gasteiger partial charge in [-0.15, -0.1) is 11.3 Å². The summed E-state index contributed by atoms with van der Waals surface area (Å²) in [5.74, 6) is 0. The zero-order chi connectivity index (χ0) is 11.9. The highest BCUT2D eigenvalue weighted by atomic mass is 32.1. The van der Waals surface area contributed by atoms with Gasteiger partial charge in [0, 0.05) is 18.1 Å². The van der Waals surface area contributed by atoms with Crippen molar-refractivity contribution in [2.45, 2.75) is 39.7 Å². The molecule has 0 fully saturated rings. The molecule has 0 aromatic carbocycles. The van der Waals surface area contributed by atoms with Crippen molar-refractivity contribution in [3.8, 4) is 0 Å². The summed E-state index contributed by atoms with van der Waals surface area (Å²) in [6, 6.07) is 0. The molecule has 3 nitrogen and oxygen atoms in total. The summed E-state index contributed by atoms with van der Waals surface area (Å²) in [6.45, 7) is 7.34. The molecule has 0 aliphatic heterocycles. The molecular weight excluding hydrogens is 218 g/mol. The average molecular weight is 241 g/mol. The van der Waals surface area contributed by atoms with Gasteiger partial charge in [-0.1, -0.05) is 13.8 Å². The Balaban J connectivity index is 2.03. The second kappa shape index (κ2) is 6.99. The van der Waals surface area contributed by atoms with Crippen LogP contribution in [-0.2, 0) is 6.54 Å². The molecule has 0 aliphatic rings. The summed E-state index contributed by atoms with van der Waals surface area (Å²) in [5.41, 5.74) is 5.97. The lowest BCUT2D eigenvalue weighted by Crippen LogP contribution is -2.20. The van der Waals surface area contributed by atoms with Gasteiger partial charge in [0.05, 0.1) is 0 Å². The lowest BCUT2D eigenvalue weighted by atomic mass is 9.84. The maximum Gasteiger partial charge on any atom is 0.106 e. The van der Waals surface area contributed by atoms with Crippen LogP contribution in [0.25, 0.3) is 0 Å². The van der Waals surface area contributed by atoms with E-state index in [0.717, 1.165) is 26.1 Å². The van der Waals surface area contributed by atoms with Crippen LogP contribution in [0.2, 0.25) is 0 Å². The highest BCUT2D eigenvalue weighted by molar-refractivity contribution is 7.09. The standard InChI is InChI=1S/C12H23N3S/c1-12(2,5-6-13)4-3-7-14-10-11-15-8-9-16-11/h8-9,14H,3-7,10,13H2,1-2H3. The molecule has 0 aliphatic carbocycles. The SMILES string of the molecule is CC(C)(CCN)CCCNCc1nccs1. The van der Waals surface area contributed by atoms with Crippen molar-refractivity contribution in [1.29, 1.82) is 0 Å². The first-order chi connectivity index (χ1) is 7.64. The third-order valence-electron chi connectivity index (χ3n) is 2.79. The second-order valence-electron chi connectivity index (χ2n) is 4.91. The Morgan fingerprint density at radius 2 is 2.25 bits per heavy atom. The molecule has 16 heavy (non-hydrogen) atoms. The quantitative estimate of drug-likeness (QED) is 0.687. The second-order valence-corrected chi connectivity index (χ2v) is 5.89. The first kappa shape index (κ1) is 13.6. The van der Waals surface area contributed by atoms with Crippen LogP contribution in [0.5, 0.6) is 0 Å². The summed E-state index contributed by atoms with van der Waals surface area (Å²) >= 11 is 1.70. The molecule has 92 valence electrons. The minimum Gasteiger partial charge on any atom is -0.330 e. The van der Waals surface area contributed by atoms with E-state index in [1.807, 2.05) is 11.6 Å². The Morgan fingerprint density at radius 3 is 2.88 bits per heavy atom. The van der Waals surface area contributed by atoms with Crippen molar-refractivity contribution in [2.24, 2.45) is 11.1 Å². The van der Waals surface area contributed by atoms with E-state index in [2.05, 4.69) is 24.1 Å². The maximum atomic E-state index is 5.59. The predicted octanol–water partition coefficient (Wildman–Crippen LogP) is 2.39. The summed E-state index contributed by atoms with van der Waals surface area (Å²) in [7, 11) is 0. The van der Waals surface area contributed by atoms with E-state index in [0.29, 0.717) is 5.41 Å². The maximum absolute atomic E-state index is 5.59.